The van der Waals surface area contributed by atoms with Gasteiger partial charge in [0, 0.05) is 43.7 Å². The molecule has 1 N–H and O–H groups in total. The number of likely N-dealkylation sites (tertiary alicyclic amines) is 1. The van der Waals surface area contributed by atoms with Crippen LogP contribution in [0.4, 0.5) is 5.13 Å². The Morgan fingerprint density at radius 1 is 1.19 bits per heavy atom. The number of rotatable bonds is 4. The summed E-state index contributed by atoms with van der Waals surface area (Å²) in [6.45, 7) is 3.79. The zero-order valence-electron chi connectivity index (χ0n) is 14.5. The van der Waals surface area contributed by atoms with E-state index in [0.29, 0.717) is 23.9 Å². The number of aromatic nitrogens is 2. The minimum Gasteiger partial charge on any atom is -0.342 e. The summed E-state index contributed by atoms with van der Waals surface area (Å²) in [7, 11) is 0. The van der Waals surface area contributed by atoms with Gasteiger partial charge in [-0.25, -0.2) is 4.98 Å². The number of pyridine rings is 1. The molecule has 2 amide bonds. The third-order valence-corrected chi connectivity index (χ3v) is 5.74. The van der Waals surface area contributed by atoms with Gasteiger partial charge in [-0.1, -0.05) is 6.07 Å². The first-order valence-corrected chi connectivity index (χ1v) is 9.72. The number of thiazole rings is 1. The van der Waals surface area contributed by atoms with Crippen LogP contribution in [0.3, 0.4) is 0 Å². The predicted octanol–water partition coefficient (Wildman–Crippen LogP) is 1.77. The van der Waals surface area contributed by atoms with Crippen LogP contribution in [0.25, 0.3) is 0 Å². The van der Waals surface area contributed by atoms with Gasteiger partial charge in [-0.3, -0.25) is 24.8 Å². The Kier molecular flexibility index (Phi) is 4.94. The van der Waals surface area contributed by atoms with Gasteiger partial charge < -0.3 is 4.90 Å². The lowest BCUT2D eigenvalue weighted by atomic mass is 10.2. The van der Waals surface area contributed by atoms with Gasteiger partial charge in [0.1, 0.15) is 5.69 Å². The first kappa shape index (κ1) is 17.1. The molecule has 0 bridgehead atoms. The molecule has 0 aromatic carbocycles. The van der Waals surface area contributed by atoms with Crippen molar-refractivity contribution in [2.75, 3.05) is 31.5 Å². The van der Waals surface area contributed by atoms with Gasteiger partial charge in [-0.2, -0.15) is 0 Å². The number of anilines is 1. The Hall–Kier alpha value is -2.32. The van der Waals surface area contributed by atoms with E-state index in [0.717, 1.165) is 49.5 Å². The summed E-state index contributed by atoms with van der Waals surface area (Å²) in [5.41, 5.74) is 1.40. The fourth-order valence-corrected chi connectivity index (χ4v) is 4.40. The van der Waals surface area contributed by atoms with Crippen LogP contribution in [0.1, 0.15) is 33.9 Å². The van der Waals surface area contributed by atoms with Crippen LogP contribution in [0, 0.1) is 0 Å². The number of carbonyl (C=O) groups excluding carboxylic acids is 2. The van der Waals surface area contributed by atoms with Crippen LogP contribution in [0.5, 0.6) is 0 Å². The molecule has 1 saturated heterocycles. The van der Waals surface area contributed by atoms with E-state index in [2.05, 4.69) is 20.2 Å². The minimum absolute atomic E-state index is 0.221. The monoisotopic (exact) mass is 371 g/mol. The van der Waals surface area contributed by atoms with Crippen molar-refractivity contribution in [2.24, 2.45) is 0 Å². The van der Waals surface area contributed by atoms with Gasteiger partial charge >= 0.3 is 0 Å². The number of carbonyl (C=O) groups is 2. The molecule has 8 heteroatoms. The number of hydrogen-bond donors (Lipinski definition) is 1. The van der Waals surface area contributed by atoms with E-state index in [1.165, 1.54) is 11.3 Å². The lowest BCUT2D eigenvalue weighted by molar-refractivity contribution is -0.131. The van der Waals surface area contributed by atoms with Gasteiger partial charge in [-0.05, 0) is 25.0 Å². The highest BCUT2D eigenvalue weighted by Crippen LogP contribution is 2.28. The third-order valence-electron chi connectivity index (χ3n) is 4.75. The molecule has 2 aromatic rings. The van der Waals surface area contributed by atoms with E-state index in [4.69, 9.17) is 0 Å². The Labute approximate surface area is 156 Å². The van der Waals surface area contributed by atoms with Crippen molar-refractivity contribution >= 4 is 28.3 Å². The lowest BCUT2D eigenvalue weighted by Gasteiger charge is -2.27. The standard InChI is InChI=1S/C18H21N5O2S/c24-16(23-8-3-4-9-23)12-22-10-6-13-15(11-22)26-18(20-13)21-17(25)14-5-1-2-7-19-14/h1-2,5,7H,3-4,6,8-12H2,(H,20,21,25). The first-order valence-electron chi connectivity index (χ1n) is 8.90. The molecular formula is C18H21N5O2S. The number of nitrogens with zero attached hydrogens (tertiary/aromatic N) is 4. The molecule has 2 aliphatic rings. The Morgan fingerprint density at radius 2 is 2.04 bits per heavy atom. The minimum atomic E-state index is -0.252. The van der Waals surface area contributed by atoms with Crippen molar-refractivity contribution in [1.82, 2.24) is 19.8 Å². The van der Waals surface area contributed by atoms with E-state index < -0.39 is 0 Å². The van der Waals surface area contributed by atoms with Crippen molar-refractivity contribution in [3.63, 3.8) is 0 Å². The highest BCUT2D eigenvalue weighted by atomic mass is 32.1. The summed E-state index contributed by atoms with van der Waals surface area (Å²) < 4.78 is 0. The molecule has 1 fully saturated rings. The zero-order chi connectivity index (χ0) is 17.9. The molecule has 0 atom stereocenters. The number of hydrogen-bond acceptors (Lipinski definition) is 6. The maximum absolute atomic E-state index is 12.3. The second-order valence-electron chi connectivity index (χ2n) is 6.61. The molecule has 2 aliphatic heterocycles. The highest BCUT2D eigenvalue weighted by Gasteiger charge is 2.25. The average molecular weight is 371 g/mol. The summed E-state index contributed by atoms with van der Waals surface area (Å²) in [4.78, 5) is 38.4. The smallest absolute Gasteiger partial charge is 0.276 e. The van der Waals surface area contributed by atoms with E-state index >= 15 is 0 Å². The van der Waals surface area contributed by atoms with E-state index in [1.54, 1.807) is 24.4 Å². The molecule has 0 unspecified atom stereocenters. The molecule has 0 saturated carbocycles. The maximum atomic E-state index is 12.3. The average Bonchev–Trinajstić information content (AvgIpc) is 3.31. The zero-order valence-corrected chi connectivity index (χ0v) is 15.3. The molecular weight excluding hydrogens is 350 g/mol. The van der Waals surface area contributed by atoms with Gasteiger partial charge in [-0.15, -0.1) is 11.3 Å². The molecule has 26 heavy (non-hydrogen) atoms. The van der Waals surface area contributed by atoms with Crippen molar-refractivity contribution < 1.29 is 9.59 Å². The SMILES string of the molecule is O=C(Nc1nc2c(s1)CN(CC(=O)N1CCCC1)CC2)c1ccccn1. The fraction of sp³-hybridized carbons (Fsp3) is 0.444. The van der Waals surface area contributed by atoms with Gasteiger partial charge in [0.15, 0.2) is 5.13 Å². The van der Waals surface area contributed by atoms with Gasteiger partial charge in [0.25, 0.3) is 5.91 Å². The molecule has 0 spiro atoms. The lowest BCUT2D eigenvalue weighted by Crippen LogP contribution is -2.40. The maximum Gasteiger partial charge on any atom is 0.276 e. The van der Waals surface area contributed by atoms with Crippen LogP contribution in [-0.2, 0) is 17.8 Å². The summed E-state index contributed by atoms with van der Waals surface area (Å²) in [6.07, 6.45) is 4.63. The summed E-state index contributed by atoms with van der Waals surface area (Å²) in [5.74, 6) is -0.0306. The molecule has 4 heterocycles. The second kappa shape index (κ2) is 7.51. The molecule has 0 aliphatic carbocycles. The molecule has 136 valence electrons. The fourth-order valence-electron chi connectivity index (χ4n) is 3.35. The number of fused-ring (bicyclic) bond motifs is 1. The Balaban J connectivity index is 1.37. The topological polar surface area (TPSA) is 78.4 Å². The van der Waals surface area contributed by atoms with Crippen molar-refractivity contribution in [1.29, 1.82) is 0 Å². The first-order chi connectivity index (χ1) is 12.7. The van der Waals surface area contributed by atoms with E-state index in [-0.39, 0.29) is 11.8 Å². The quantitative estimate of drug-likeness (QED) is 0.886. The second-order valence-corrected chi connectivity index (χ2v) is 7.69. The van der Waals surface area contributed by atoms with E-state index in [9.17, 15) is 9.59 Å². The molecule has 7 nitrogen and oxygen atoms in total. The molecule has 4 rings (SSSR count). The molecule has 2 aromatic heterocycles. The van der Waals surface area contributed by atoms with Crippen LogP contribution < -0.4 is 5.32 Å². The van der Waals surface area contributed by atoms with Gasteiger partial charge in [0.2, 0.25) is 5.91 Å². The Morgan fingerprint density at radius 3 is 2.81 bits per heavy atom. The number of amides is 2. The Bertz CT molecular complexity index is 801. The largest absolute Gasteiger partial charge is 0.342 e. The molecule has 0 radical (unpaired) electrons. The van der Waals surface area contributed by atoms with Crippen LogP contribution in [-0.4, -0.2) is 57.8 Å². The van der Waals surface area contributed by atoms with Crippen molar-refractivity contribution in [3.05, 3.63) is 40.7 Å². The van der Waals surface area contributed by atoms with Crippen LogP contribution >= 0.6 is 11.3 Å². The summed E-state index contributed by atoms with van der Waals surface area (Å²) in [6, 6.07) is 5.23. The number of nitrogens with one attached hydrogen (secondary N) is 1. The highest BCUT2D eigenvalue weighted by molar-refractivity contribution is 7.15. The normalized spacial score (nSPS) is 17.2. The van der Waals surface area contributed by atoms with Crippen LogP contribution in [0.15, 0.2) is 24.4 Å². The predicted molar refractivity (Wildman–Crippen MR) is 99.1 cm³/mol. The van der Waals surface area contributed by atoms with Gasteiger partial charge in [0.05, 0.1) is 12.2 Å². The summed E-state index contributed by atoms with van der Waals surface area (Å²) in [5, 5.41) is 3.42. The van der Waals surface area contributed by atoms with Crippen molar-refractivity contribution in [2.45, 2.75) is 25.8 Å². The van der Waals surface area contributed by atoms with Crippen molar-refractivity contribution in [3.8, 4) is 0 Å². The third kappa shape index (κ3) is 3.76. The van der Waals surface area contributed by atoms with Crippen LogP contribution in [0.2, 0.25) is 0 Å². The summed E-state index contributed by atoms with van der Waals surface area (Å²) >= 11 is 1.48. The van der Waals surface area contributed by atoms with E-state index in [1.807, 2.05) is 4.90 Å².